The Morgan fingerprint density at radius 2 is 0.980 bits per heavy atom. The van der Waals surface area contributed by atoms with Gasteiger partial charge in [-0.05, 0) is 118 Å². The highest BCUT2D eigenvalue weighted by molar-refractivity contribution is 6.00. The summed E-state index contributed by atoms with van der Waals surface area (Å²) in [6, 6.07) is 30.0. The Bertz CT molecular complexity index is 2010. The van der Waals surface area contributed by atoms with Crippen LogP contribution in [0.1, 0.15) is 103 Å². The summed E-state index contributed by atoms with van der Waals surface area (Å²) in [6.07, 6.45) is 15.5. The third-order valence-electron chi connectivity index (χ3n) is 11.8. The maximum Gasteiger partial charge on any atom is 0.141 e. The fourth-order valence-electron chi connectivity index (χ4n) is 9.04. The number of hydrogen-bond acceptors (Lipinski definition) is 4. The zero-order chi connectivity index (χ0) is 35.5. The van der Waals surface area contributed by atoms with E-state index in [-0.39, 0.29) is 16.9 Å². The van der Waals surface area contributed by atoms with E-state index in [4.69, 9.17) is 0 Å². The van der Waals surface area contributed by atoms with Crippen LogP contribution in [0, 0.1) is 11.8 Å². The van der Waals surface area contributed by atoms with Gasteiger partial charge in [0.1, 0.15) is 22.5 Å². The molecule has 2 heterocycles. The zero-order valence-electron chi connectivity index (χ0n) is 30.8. The van der Waals surface area contributed by atoms with Crippen molar-refractivity contribution in [2.45, 2.75) is 97.3 Å². The largest absolute Gasteiger partial charge is 0.506 e. The zero-order valence-corrected chi connectivity index (χ0v) is 30.8. The van der Waals surface area contributed by atoms with Gasteiger partial charge in [-0.3, -0.25) is 9.97 Å². The van der Waals surface area contributed by atoms with Gasteiger partial charge >= 0.3 is 0 Å². The number of phenols is 2. The first-order chi connectivity index (χ1) is 24.9. The summed E-state index contributed by atoms with van der Waals surface area (Å²) in [7, 11) is 0. The van der Waals surface area contributed by atoms with E-state index in [0.29, 0.717) is 22.9 Å². The van der Waals surface area contributed by atoms with Gasteiger partial charge < -0.3 is 10.2 Å². The average Bonchev–Trinajstić information content (AvgIpc) is 3.43. The van der Waals surface area contributed by atoms with E-state index in [2.05, 4.69) is 98.3 Å². The molecule has 0 saturated carbocycles. The molecular formula is C47H52N2O2. The lowest BCUT2D eigenvalue weighted by Crippen LogP contribution is -2.31. The number of nitrogens with zero attached hydrogens (tertiary/aromatic N) is 2. The Labute approximate surface area is 303 Å². The van der Waals surface area contributed by atoms with Gasteiger partial charge in [-0.25, -0.2) is 0 Å². The fraction of sp³-hybridized carbons (Fsp3) is 0.362. The van der Waals surface area contributed by atoms with Gasteiger partial charge in [-0.15, -0.1) is 0 Å². The number of aromatic hydroxyl groups is 2. The van der Waals surface area contributed by atoms with Gasteiger partial charge in [0, 0.05) is 28.6 Å². The number of rotatable bonds is 14. The van der Waals surface area contributed by atoms with Crippen LogP contribution in [0.5, 0.6) is 11.5 Å². The molecule has 4 heteroatoms. The third-order valence-corrected chi connectivity index (χ3v) is 11.8. The first-order valence-corrected chi connectivity index (χ1v) is 19.4. The van der Waals surface area contributed by atoms with E-state index in [9.17, 15) is 10.2 Å². The van der Waals surface area contributed by atoms with E-state index < -0.39 is 0 Å². The van der Waals surface area contributed by atoms with Crippen molar-refractivity contribution in [3.63, 3.8) is 0 Å². The monoisotopic (exact) mass is 676 g/mol. The van der Waals surface area contributed by atoms with Crippen LogP contribution < -0.4 is 0 Å². The van der Waals surface area contributed by atoms with E-state index in [1.54, 1.807) is 24.5 Å². The maximum absolute atomic E-state index is 10.7. The molecule has 0 radical (unpaired) electrons. The van der Waals surface area contributed by atoms with E-state index in [1.807, 2.05) is 12.1 Å². The molecule has 0 saturated heterocycles. The predicted molar refractivity (Wildman–Crippen MR) is 213 cm³/mol. The molecule has 0 spiro atoms. The first-order valence-electron chi connectivity index (χ1n) is 19.4. The molecule has 4 aromatic carbocycles. The van der Waals surface area contributed by atoms with Crippen LogP contribution in [0.2, 0.25) is 0 Å². The number of phenolic OH excluding ortho intramolecular Hbond substituents is 2. The number of fused-ring (bicyclic) bond motifs is 5. The SMILES string of the molecule is CCCCC(CC)CC1(CC(CC)CCCC)c2cc(-c3ccc(O)c4ncccc34)ccc2-c2ccc(-c3ccc(O)c4ncccc34)cc21. The minimum atomic E-state index is -0.157. The highest BCUT2D eigenvalue weighted by atomic mass is 16.3. The van der Waals surface area contributed by atoms with Gasteiger partial charge in [0.15, 0.2) is 0 Å². The first kappa shape index (κ1) is 34.7. The maximum atomic E-state index is 10.7. The number of aromatic nitrogens is 2. The van der Waals surface area contributed by atoms with E-state index >= 15 is 0 Å². The standard InChI is InChI=1S/C47H52N2O2/c1-5-9-13-31(7-3)29-47(30-32(8-4)14-10-6-2)41-27-33(35-21-23-43(50)45-39(35)15-11-25-48-45)17-19-37(41)38-20-18-34(28-42(38)47)36-22-24-44(51)46-40(36)16-12-26-49-46/h11-12,15-28,31-32,50-51H,5-10,13-14,29-30H2,1-4H3. The molecule has 0 fully saturated rings. The Morgan fingerprint density at radius 3 is 1.39 bits per heavy atom. The normalized spacial score (nSPS) is 14.4. The summed E-state index contributed by atoms with van der Waals surface area (Å²) in [6.45, 7) is 9.40. The van der Waals surface area contributed by atoms with Crippen molar-refractivity contribution in [2.24, 2.45) is 11.8 Å². The Balaban J connectivity index is 1.48. The highest BCUT2D eigenvalue weighted by Gasteiger charge is 2.45. The minimum absolute atomic E-state index is 0.157. The molecule has 7 rings (SSSR count). The van der Waals surface area contributed by atoms with Crippen molar-refractivity contribution in [1.82, 2.24) is 9.97 Å². The summed E-state index contributed by atoms with van der Waals surface area (Å²) in [5, 5.41) is 23.4. The Kier molecular flexibility index (Phi) is 10.1. The lowest BCUT2D eigenvalue weighted by molar-refractivity contribution is 0.266. The molecule has 6 aromatic rings. The van der Waals surface area contributed by atoms with Gasteiger partial charge in [0.05, 0.1) is 0 Å². The molecule has 1 aliphatic rings. The van der Waals surface area contributed by atoms with Crippen molar-refractivity contribution >= 4 is 21.8 Å². The summed E-state index contributed by atoms with van der Waals surface area (Å²) < 4.78 is 0. The van der Waals surface area contributed by atoms with Crippen molar-refractivity contribution in [2.75, 3.05) is 0 Å². The van der Waals surface area contributed by atoms with Crippen LogP contribution >= 0.6 is 0 Å². The quantitative estimate of drug-likeness (QED) is 0.120. The molecule has 2 atom stereocenters. The molecule has 2 aromatic heterocycles. The lowest BCUT2D eigenvalue weighted by atomic mass is 9.64. The molecule has 0 amide bonds. The van der Waals surface area contributed by atoms with Crippen LogP contribution in [0.3, 0.4) is 0 Å². The number of hydrogen-bond donors (Lipinski definition) is 2. The predicted octanol–water partition coefficient (Wildman–Crippen LogP) is 13.0. The second kappa shape index (κ2) is 14.9. The molecule has 2 unspecified atom stereocenters. The minimum Gasteiger partial charge on any atom is -0.506 e. The second-order valence-corrected chi connectivity index (χ2v) is 14.9. The fourth-order valence-corrected chi connectivity index (χ4v) is 9.04. The van der Waals surface area contributed by atoms with Gasteiger partial charge in [0.25, 0.3) is 0 Å². The van der Waals surface area contributed by atoms with Crippen molar-refractivity contribution < 1.29 is 10.2 Å². The number of benzene rings is 4. The Morgan fingerprint density at radius 1 is 0.549 bits per heavy atom. The highest BCUT2D eigenvalue weighted by Crippen LogP contribution is 2.58. The van der Waals surface area contributed by atoms with Crippen LogP contribution in [0.4, 0.5) is 0 Å². The Hall–Kier alpha value is -4.70. The summed E-state index contributed by atoms with van der Waals surface area (Å²) in [5.74, 6) is 1.64. The van der Waals surface area contributed by atoms with Crippen LogP contribution in [-0.4, -0.2) is 20.2 Å². The molecule has 1 aliphatic carbocycles. The number of unbranched alkanes of at least 4 members (excludes halogenated alkanes) is 2. The summed E-state index contributed by atoms with van der Waals surface area (Å²) in [4.78, 5) is 9.11. The van der Waals surface area contributed by atoms with Crippen molar-refractivity contribution in [3.05, 3.63) is 108 Å². The molecule has 2 N–H and O–H groups in total. The molecule has 0 aliphatic heterocycles. The van der Waals surface area contributed by atoms with Crippen molar-refractivity contribution in [1.29, 1.82) is 0 Å². The van der Waals surface area contributed by atoms with Gasteiger partial charge in [-0.2, -0.15) is 0 Å². The van der Waals surface area contributed by atoms with E-state index in [1.165, 1.54) is 84.7 Å². The van der Waals surface area contributed by atoms with Crippen LogP contribution in [0.15, 0.2) is 97.3 Å². The molecular weight excluding hydrogens is 625 g/mol. The molecule has 262 valence electrons. The van der Waals surface area contributed by atoms with Gasteiger partial charge in [-0.1, -0.05) is 115 Å². The third kappa shape index (κ3) is 6.39. The van der Waals surface area contributed by atoms with Crippen molar-refractivity contribution in [3.8, 4) is 44.9 Å². The molecule has 0 bridgehead atoms. The lowest BCUT2D eigenvalue weighted by Gasteiger charge is -2.39. The van der Waals surface area contributed by atoms with E-state index in [0.717, 1.165) is 34.7 Å². The van der Waals surface area contributed by atoms with Crippen LogP contribution in [-0.2, 0) is 5.41 Å². The molecule has 51 heavy (non-hydrogen) atoms. The summed E-state index contributed by atoms with van der Waals surface area (Å²) in [5.41, 5.74) is 11.2. The van der Waals surface area contributed by atoms with Crippen LogP contribution in [0.25, 0.3) is 55.2 Å². The average molecular weight is 677 g/mol. The summed E-state index contributed by atoms with van der Waals surface area (Å²) >= 11 is 0. The second-order valence-electron chi connectivity index (χ2n) is 14.9. The number of pyridine rings is 2. The topological polar surface area (TPSA) is 66.2 Å². The molecule has 4 nitrogen and oxygen atoms in total. The smallest absolute Gasteiger partial charge is 0.141 e. The van der Waals surface area contributed by atoms with Gasteiger partial charge in [0.2, 0.25) is 0 Å².